The predicted octanol–water partition coefficient (Wildman–Crippen LogP) is 2.44. The highest BCUT2D eigenvalue weighted by molar-refractivity contribution is 9.10. The number of halogens is 1. The van der Waals surface area contributed by atoms with Gasteiger partial charge in [0.15, 0.2) is 5.13 Å². The number of thiazole rings is 1. The van der Waals surface area contributed by atoms with Crippen LogP contribution in [0.4, 0.5) is 5.13 Å². The molecule has 1 saturated carbocycles. The van der Waals surface area contributed by atoms with Crippen molar-refractivity contribution < 1.29 is 0 Å². The molecule has 0 amide bonds. The third-order valence-corrected chi connectivity index (χ3v) is 4.24. The maximum atomic E-state index is 5.81. The normalized spacial score (nSPS) is 20.5. The van der Waals surface area contributed by atoms with Gasteiger partial charge in [0, 0.05) is 11.9 Å². The second-order valence-electron chi connectivity index (χ2n) is 4.00. The Labute approximate surface area is 96.2 Å². The zero-order valence-electron chi connectivity index (χ0n) is 8.09. The van der Waals surface area contributed by atoms with Crippen molar-refractivity contribution in [2.75, 3.05) is 11.9 Å². The summed E-state index contributed by atoms with van der Waals surface area (Å²) in [5, 5.41) is 6.37. The third kappa shape index (κ3) is 2.10. The van der Waals surface area contributed by atoms with Crippen molar-refractivity contribution in [1.82, 2.24) is 4.98 Å². The van der Waals surface area contributed by atoms with E-state index in [0.717, 1.165) is 15.7 Å². The van der Waals surface area contributed by atoms with E-state index >= 15 is 0 Å². The number of anilines is 1. The summed E-state index contributed by atoms with van der Waals surface area (Å²) in [4.78, 5) is 4.32. The maximum Gasteiger partial charge on any atom is 0.184 e. The first kappa shape index (κ1) is 10.4. The van der Waals surface area contributed by atoms with E-state index in [9.17, 15) is 0 Å². The molecular formula is C9H14BrN3S. The first-order valence-electron chi connectivity index (χ1n) is 4.73. The molecule has 0 spiro atoms. The summed E-state index contributed by atoms with van der Waals surface area (Å²) >= 11 is 4.95. The van der Waals surface area contributed by atoms with Crippen molar-refractivity contribution in [3.8, 4) is 0 Å². The molecule has 0 saturated heterocycles. The Morgan fingerprint density at radius 2 is 2.50 bits per heavy atom. The van der Waals surface area contributed by atoms with Gasteiger partial charge in [0.25, 0.3) is 0 Å². The monoisotopic (exact) mass is 275 g/mol. The molecule has 2 rings (SSSR count). The molecule has 14 heavy (non-hydrogen) atoms. The average molecular weight is 276 g/mol. The smallest absolute Gasteiger partial charge is 0.184 e. The van der Waals surface area contributed by atoms with Gasteiger partial charge in [-0.3, -0.25) is 0 Å². The number of nitrogens with two attached hydrogens (primary N) is 1. The molecule has 0 aromatic carbocycles. The number of hydrogen-bond donors (Lipinski definition) is 2. The lowest BCUT2D eigenvalue weighted by Gasteiger charge is -2.29. The van der Waals surface area contributed by atoms with E-state index in [4.69, 9.17) is 5.73 Å². The van der Waals surface area contributed by atoms with Crippen LogP contribution in [0.1, 0.15) is 19.8 Å². The summed E-state index contributed by atoms with van der Waals surface area (Å²) in [5.41, 5.74) is 5.83. The van der Waals surface area contributed by atoms with Crippen LogP contribution >= 0.6 is 27.3 Å². The largest absolute Gasteiger partial charge is 0.355 e. The van der Waals surface area contributed by atoms with E-state index in [1.54, 1.807) is 11.3 Å². The SMILES string of the molecule is CC(CN)(Nc1nc(Br)cs1)C1CC1. The Morgan fingerprint density at radius 3 is 2.93 bits per heavy atom. The molecular weight excluding hydrogens is 262 g/mol. The lowest BCUT2D eigenvalue weighted by Crippen LogP contribution is -2.44. The molecule has 1 fully saturated rings. The fourth-order valence-corrected chi connectivity index (χ4v) is 2.88. The van der Waals surface area contributed by atoms with E-state index in [1.807, 2.05) is 5.38 Å². The number of nitrogens with zero attached hydrogens (tertiary/aromatic N) is 1. The van der Waals surface area contributed by atoms with Crippen LogP contribution in [0.5, 0.6) is 0 Å². The van der Waals surface area contributed by atoms with Crippen molar-refractivity contribution >= 4 is 32.4 Å². The number of aromatic nitrogens is 1. The molecule has 1 aromatic rings. The van der Waals surface area contributed by atoms with Gasteiger partial charge in [-0.1, -0.05) is 0 Å². The van der Waals surface area contributed by atoms with E-state index in [-0.39, 0.29) is 5.54 Å². The van der Waals surface area contributed by atoms with Crippen LogP contribution in [0, 0.1) is 5.92 Å². The van der Waals surface area contributed by atoms with E-state index in [0.29, 0.717) is 6.54 Å². The fraction of sp³-hybridized carbons (Fsp3) is 0.667. The Bertz CT molecular complexity index is 324. The molecule has 0 bridgehead atoms. The van der Waals surface area contributed by atoms with E-state index in [1.165, 1.54) is 12.8 Å². The molecule has 1 aliphatic rings. The first-order chi connectivity index (χ1) is 6.64. The summed E-state index contributed by atoms with van der Waals surface area (Å²) < 4.78 is 0.889. The molecule has 0 radical (unpaired) electrons. The van der Waals surface area contributed by atoms with Gasteiger partial charge in [0.2, 0.25) is 0 Å². The Morgan fingerprint density at radius 1 is 1.79 bits per heavy atom. The molecule has 3 N–H and O–H groups in total. The van der Waals surface area contributed by atoms with E-state index < -0.39 is 0 Å². The van der Waals surface area contributed by atoms with Gasteiger partial charge in [-0.2, -0.15) is 0 Å². The summed E-state index contributed by atoms with van der Waals surface area (Å²) in [6.45, 7) is 2.84. The zero-order valence-corrected chi connectivity index (χ0v) is 10.5. The average Bonchev–Trinajstić information content (AvgIpc) is 2.93. The van der Waals surface area contributed by atoms with Gasteiger partial charge < -0.3 is 11.1 Å². The second kappa shape index (κ2) is 3.79. The van der Waals surface area contributed by atoms with Crippen LogP contribution in [0.25, 0.3) is 0 Å². The summed E-state index contributed by atoms with van der Waals surface area (Å²) in [6.07, 6.45) is 2.57. The summed E-state index contributed by atoms with van der Waals surface area (Å²) in [6, 6.07) is 0. The number of hydrogen-bond acceptors (Lipinski definition) is 4. The van der Waals surface area contributed by atoms with Crippen molar-refractivity contribution in [3.05, 3.63) is 9.98 Å². The molecule has 0 aliphatic heterocycles. The Hall–Kier alpha value is -0.130. The predicted molar refractivity (Wildman–Crippen MR) is 63.6 cm³/mol. The minimum Gasteiger partial charge on any atom is -0.355 e. The van der Waals surface area contributed by atoms with Gasteiger partial charge in [-0.25, -0.2) is 4.98 Å². The standard InChI is InChI=1S/C9H14BrN3S/c1-9(5-11,6-2-3-6)13-8-12-7(10)4-14-8/h4,6H,2-3,5,11H2,1H3,(H,12,13). The molecule has 5 heteroatoms. The highest BCUT2D eigenvalue weighted by Gasteiger charge is 2.40. The number of rotatable bonds is 4. The van der Waals surface area contributed by atoms with Gasteiger partial charge >= 0.3 is 0 Å². The minimum atomic E-state index is 0.0251. The first-order valence-corrected chi connectivity index (χ1v) is 6.40. The third-order valence-electron chi connectivity index (χ3n) is 2.77. The van der Waals surface area contributed by atoms with Crippen molar-refractivity contribution in [1.29, 1.82) is 0 Å². The van der Waals surface area contributed by atoms with Crippen molar-refractivity contribution in [2.24, 2.45) is 11.7 Å². The second-order valence-corrected chi connectivity index (χ2v) is 5.67. The van der Waals surface area contributed by atoms with E-state index in [2.05, 4.69) is 33.2 Å². The number of nitrogens with one attached hydrogen (secondary N) is 1. The lowest BCUT2D eigenvalue weighted by atomic mass is 9.96. The fourth-order valence-electron chi connectivity index (χ4n) is 1.60. The van der Waals surface area contributed by atoms with Crippen molar-refractivity contribution in [2.45, 2.75) is 25.3 Å². The molecule has 1 heterocycles. The molecule has 1 aromatic heterocycles. The zero-order chi connectivity index (χ0) is 10.2. The van der Waals surface area contributed by atoms with Crippen LogP contribution in [-0.2, 0) is 0 Å². The van der Waals surface area contributed by atoms with Gasteiger partial charge in [-0.15, -0.1) is 11.3 Å². The Balaban J connectivity index is 2.07. The molecule has 3 nitrogen and oxygen atoms in total. The van der Waals surface area contributed by atoms with Gasteiger partial charge in [0.05, 0.1) is 5.54 Å². The highest BCUT2D eigenvalue weighted by Crippen LogP contribution is 2.41. The quantitative estimate of drug-likeness (QED) is 0.888. The molecule has 1 aliphatic carbocycles. The highest BCUT2D eigenvalue weighted by atomic mass is 79.9. The van der Waals surface area contributed by atoms with Crippen LogP contribution in [0.2, 0.25) is 0 Å². The molecule has 1 unspecified atom stereocenters. The topological polar surface area (TPSA) is 50.9 Å². The lowest BCUT2D eigenvalue weighted by molar-refractivity contribution is 0.459. The Kier molecular flexibility index (Phi) is 2.81. The minimum absolute atomic E-state index is 0.0251. The summed E-state index contributed by atoms with van der Waals surface area (Å²) in [5.74, 6) is 0.718. The van der Waals surface area contributed by atoms with Gasteiger partial charge in [-0.05, 0) is 41.6 Å². The molecule has 1 atom stereocenters. The van der Waals surface area contributed by atoms with Gasteiger partial charge in [0.1, 0.15) is 4.60 Å². The van der Waals surface area contributed by atoms with Crippen molar-refractivity contribution in [3.63, 3.8) is 0 Å². The van der Waals surface area contributed by atoms with Crippen LogP contribution in [0.15, 0.2) is 9.98 Å². The van der Waals surface area contributed by atoms with Crippen LogP contribution in [-0.4, -0.2) is 17.1 Å². The van der Waals surface area contributed by atoms with Crippen LogP contribution < -0.4 is 11.1 Å². The van der Waals surface area contributed by atoms with Crippen LogP contribution in [0.3, 0.4) is 0 Å². The maximum absolute atomic E-state index is 5.81. The summed E-state index contributed by atoms with van der Waals surface area (Å²) in [7, 11) is 0. The molecule has 78 valence electrons.